The largest absolute Gasteiger partial charge is 0.443 e. The third-order valence-electron chi connectivity index (χ3n) is 7.21. The molecule has 4 atom stereocenters. The van der Waals surface area contributed by atoms with Crippen LogP contribution in [0.2, 0.25) is 0 Å². The van der Waals surface area contributed by atoms with Crippen LogP contribution in [0.5, 0.6) is 0 Å². The van der Waals surface area contributed by atoms with Crippen LogP contribution < -0.4 is 11.1 Å². The number of ether oxygens (including phenoxy) is 1. The van der Waals surface area contributed by atoms with Gasteiger partial charge in [0.05, 0.1) is 29.9 Å². The number of amides is 2. The van der Waals surface area contributed by atoms with Gasteiger partial charge in [-0.1, -0.05) is 36.4 Å². The number of cyclic esters (lactones) is 1. The fourth-order valence-electron chi connectivity index (χ4n) is 5.66. The third kappa shape index (κ3) is 5.10. The lowest BCUT2D eigenvalue weighted by molar-refractivity contribution is -0.115. The Balaban J connectivity index is 1.37. The van der Waals surface area contributed by atoms with Gasteiger partial charge in [0.2, 0.25) is 5.91 Å². The molecular formula is C27H29BrN4O4S. The number of carbonyl (C=O) groups is 2. The topological polar surface area (TPSA) is 118 Å². The van der Waals surface area contributed by atoms with E-state index in [0.29, 0.717) is 22.9 Å². The summed E-state index contributed by atoms with van der Waals surface area (Å²) in [6.45, 7) is 3.86. The lowest BCUT2D eigenvalue weighted by Gasteiger charge is -2.48. The third-order valence-corrected chi connectivity index (χ3v) is 8.59. The van der Waals surface area contributed by atoms with E-state index in [1.165, 1.54) is 11.3 Å². The quantitative estimate of drug-likeness (QED) is 0.364. The molecule has 2 fully saturated rings. The number of benzene rings is 2. The number of hydrogen-bond donors (Lipinski definition) is 3. The van der Waals surface area contributed by atoms with Gasteiger partial charge in [0.25, 0.3) is 0 Å². The summed E-state index contributed by atoms with van der Waals surface area (Å²) in [6, 6.07) is 14.7. The molecule has 0 spiro atoms. The average Bonchev–Trinajstić information content (AvgIpc) is 3.46. The fraction of sp³-hybridized carbons (Fsp3) is 0.370. The first-order valence-electron chi connectivity index (χ1n) is 12.2. The first-order chi connectivity index (χ1) is 17.6. The van der Waals surface area contributed by atoms with Crippen LogP contribution >= 0.6 is 27.3 Å². The van der Waals surface area contributed by atoms with Crippen LogP contribution in [0.4, 0.5) is 15.6 Å². The van der Waals surface area contributed by atoms with E-state index in [2.05, 4.69) is 26.2 Å². The highest BCUT2D eigenvalue weighted by Crippen LogP contribution is 2.49. The van der Waals surface area contributed by atoms with Gasteiger partial charge >= 0.3 is 6.09 Å². The summed E-state index contributed by atoms with van der Waals surface area (Å²) in [4.78, 5) is 31.5. The molecule has 2 aromatic carbocycles. The normalized spacial score (nSPS) is 23.3. The van der Waals surface area contributed by atoms with E-state index >= 15 is 0 Å². The molecule has 0 radical (unpaired) electrons. The number of nitrogens with zero attached hydrogens (tertiary/aromatic N) is 2. The summed E-state index contributed by atoms with van der Waals surface area (Å²) in [5, 5.41) is 16.3. The van der Waals surface area contributed by atoms with Crippen molar-refractivity contribution in [3.05, 3.63) is 75.2 Å². The summed E-state index contributed by atoms with van der Waals surface area (Å²) < 4.78 is 6.68. The van der Waals surface area contributed by atoms with Crippen LogP contribution in [0.1, 0.15) is 55.5 Å². The second-order valence-electron chi connectivity index (χ2n) is 10.1. The highest BCUT2D eigenvalue weighted by atomic mass is 79.9. The maximum Gasteiger partial charge on any atom is 0.410 e. The van der Waals surface area contributed by atoms with Gasteiger partial charge in [-0.15, -0.1) is 11.3 Å². The molecule has 3 aromatic rings. The van der Waals surface area contributed by atoms with E-state index in [1.54, 1.807) is 10.3 Å². The molecule has 0 saturated carbocycles. The highest BCUT2D eigenvalue weighted by molar-refractivity contribution is 9.10. The van der Waals surface area contributed by atoms with Crippen LogP contribution in [0, 0.1) is 0 Å². The fourth-order valence-corrected chi connectivity index (χ4v) is 6.72. The number of rotatable bonds is 6. The number of hydrogen-bond acceptors (Lipinski definition) is 7. The number of nitrogen functional groups attached to an aromatic ring is 1. The standard InChI is InChI=1S/C27H29BrN4O4S/c1-27(2)23(16-8-9-19(18(28)12-16)31-22(33)13-17-14-37-25(29)30-17)20-10-11-21(32(20)26(35)36-27)24(34)15-6-4-3-5-7-15/h3-9,12,14,20-21,23-24,34H,10-11,13H2,1-2H3,(H2,29,30)(H,31,33)/t20-,21-,23?,24-/m1/s1. The van der Waals surface area contributed by atoms with Crippen molar-refractivity contribution in [2.75, 3.05) is 11.1 Å². The average molecular weight is 586 g/mol. The van der Waals surface area contributed by atoms with Crippen molar-refractivity contribution in [1.29, 1.82) is 0 Å². The zero-order valence-corrected chi connectivity index (χ0v) is 23.0. The van der Waals surface area contributed by atoms with E-state index in [-0.39, 0.29) is 30.3 Å². The number of nitrogens with two attached hydrogens (primary N) is 1. The Labute approximate surface area is 228 Å². The van der Waals surface area contributed by atoms with E-state index < -0.39 is 17.8 Å². The van der Waals surface area contributed by atoms with Gasteiger partial charge in [-0.2, -0.15) is 0 Å². The van der Waals surface area contributed by atoms with Crippen LogP contribution in [0.15, 0.2) is 58.4 Å². The molecule has 2 aliphatic rings. The first kappa shape index (κ1) is 25.7. The zero-order valence-electron chi connectivity index (χ0n) is 20.6. The number of aliphatic hydroxyl groups is 1. The predicted octanol–water partition coefficient (Wildman–Crippen LogP) is 5.25. The van der Waals surface area contributed by atoms with E-state index in [4.69, 9.17) is 10.5 Å². The van der Waals surface area contributed by atoms with Gasteiger partial charge in [-0.3, -0.25) is 9.69 Å². The number of fused-ring (bicyclic) bond motifs is 1. The minimum absolute atomic E-state index is 0.123. The van der Waals surface area contributed by atoms with Gasteiger partial charge in [0.1, 0.15) is 5.60 Å². The van der Waals surface area contributed by atoms with Crippen LogP contribution in [-0.2, 0) is 16.0 Å². The second-order valence-corrected chi connectivity index (χ2v) is 11.8. The number of halogens is 1. The van der Waals surface area contributed by atoms with Gasteiger partial charge in [0, 0.05) is 21.8 Å². The number of thiazole rings is 1. The number of anilines is 2. The van der Waals surface area contributed by atoms with Crippen molar-refractivity contribution in [3.63, 3.8) is 0 Å². The molecule has 37 heavy (non-hydrogen) atoms. The van der Waals surface area contributed by atoms with Crippen LogP contribution in [-0.4, -0.2) is 44.7 Å². The SMILES string of the molecule is CC1(C)OC(=O)N2[C@H](CC[C@@H]2[C@H](O)c2ccccc2)C1c1ccc(NC(=O)Cc2csc(N)n2)c(Br)c1. The minimum Gasteiger partial charge on any atom is -0.443 e. The number of aromatic nitrogens is 1. The Kier molecular flexibility index (Phi) is 6.99. The molecule has 5 rings (SSSR count). The van der Waals surface area contributed by atoms with E-state index in [1.807, 2.05) is 62.4 Å². The Morgan fingerprint density at radius 1 is 1.30 bits per heavy atom. The summed E-state index contributed by atoms with van der Waals surface area (Å²) in [7, 11) is 0. The summed E-state index contributed by atoms with van der Waals surface area (Å²) in [6.07, 6.45) is 0.381. The molecule has 1 aromatic heterocycles. The van der Waals surface area contributed by atoms with Crippen LogP contribution in [0.25, 0.3) is 0 Å². The highest BCUT2D eigenvalue weighted by Gasteiger charge is 2.55. The molecule has 10 heteroatoms. The summed E-state index contributed by atoms with van der Waals surface area (Å²) >= 11 is 4.91. The van der Waals surface area contributed by atoms with Crippen molar-refractivity contribution in [2.45, 2.75) is 62.8 Å². The Bertz CT molecular complexity index is 1310. The van der Waals surface area contributed by atoms with E-state index in [0.717, 1.165) is 22.0 Å². The Morgan fingerprint density at radius 3 is 2.73 bits per heavy atom. The predicted molar refractivity (Wildman–Crippen MR) is 146 cm³/mol. The Morgan fingerprint density at radius 2 is 2.05 bits per heavy atom. The molecule has 0 bridgehead atoms. The maximum atomic E-state index is 13.1. The summed E-state index contributed by atoms with van der Waals surface area (Å²) in [5.41, 5.74) is 7.95. The molecule has 2 aliphatic heterocycles. The molecular weight excluding hydrogens is 556 g/mol. The van der Waals surface area contributed by atoms with E-state index in [9.17, 15) is 14.7 Å². The Hall–Kier alpha value is -2.95. The van der Waals surface area contributed by atoms with Crippen molar-refractivity contribution >= 4 is 50.1 Å². The van der Waals surface area contributed by atoms with Crippen molar-refractivity contribution in [1.82, 2.24) is 9.88 Å². The van der Waals surface area contributed by atoms with Crippen molar-refractivity contribution in [2.24, 2.45) is 0 Å². The maximum absolute atomic E-state index is 13.1. The first-order valence-corrected chi connectivity index (χ1v) is 13.8. The zero-order chi connectivity index (χ0) is 26.3. The minimum atomic E-state index is -0.794. The molecule has 4 N–H and O–H groups in total. The van der Waals surface area contributed by atoms with Gasteiger partial charge in [-0.05, 0) is 65.9 Å². The monoisotopic (exact) mass is 584 g/mol. The summed E-state index contributed by atoms with van der Waals surface area (Å²) in [5.74, 6) is -0.317. The molecule has 2 saturated heterocycles. The van der Waals surface area contributed by atoms with Crippen molar-refractivity contribution in [3.8, 4) is 0 Å². The molecule has 1 unspecified atom stereocenters. The number of aliphatic hydroxyl groups excluding tert-OH is 1. The van der Waals surface area contributed by atoms with Gasteiger partial charge in [0.15, 0.2) is 5.13 Å². The van der Waals surface area contributed by atoms with Gasteiger partial charge in [-0.25, -0.2) is 9.78 Å². The molecule has 0 aliphatic carbocycles. The number of carbonyl (C=O) groups excluding carboxylic acids is 2. The molecule has 3 heterocycles. The second kappa shape index (κ2) is 10.1. The lowest BCUT2D eigenvalue weighted by Crippen LogP contribution is -2.58. The van der Waals surface area contributed by atoms with Crippen molar-refractivity contribution < 1.29 is 19.4 Å². The van der Waals surface area contributed by atoms with Crippen LogP contribution in [0.3, 0.4) is 0 Å². The molecule has 8 nitrogen and oxygen atoms in total. The number of nitrogens with one attached hydrogen (secondary N) is 1. The van der Waals surface area contributed by atoms with Gasteiger partial charge < -0.3 is 20.9 Å². The molecule has 194 valence electrons. The lowest BCUT2D eigenvalue weighted by atomic mass is 9.77. The smallest absolute Gasteiger partial charge is 0.410 e. The molecule has 2 amide bonds.